The molecule has 1 unspecified atom stereocenters. The number of hydrogen-bond acceptors (Lipinski definition) is 5. The van der Waals surface area contributed by atoms with E-state index in [-0.39, 0.29) is 17.5 Å². The van der Waals surface area contributed by atoms with Gasteiger partial charge in [-0.25, -0.2) is 13.4 Å². The second kappa shape index (κ2) is 5.86. The van der Waals surface area contributed by atoms with Gasteiger partial charge in [-0.2, -0.15) is 4.31 Å². The molecular formula is C15H21N3O4S. The molecule has 0 aliphatic carbocycles. The number of hydrogen-bond donors (Lipinski definition) is 1. The Balaban J connectivity index is 1.98. The molecule has 1 aliphatic heterocycles. The fourth-order valence-electron chi connectivity index (χ4n) is 2.98. The SMILES string of the molecule is COCC1CN(S(=O)(=O)c2c[nH]c3ncccc23)CC(C)(C)O1. The van der Waals surface area contributed by atoms with Gasteiger partial charge >= 0.3 is 0 Å². The number of pyridine rings is 1. The van der Waals surface area contributed by atoms with Crippen LogP contribution in [0.4, 0.5) is 0 Å². The highest BCUT2D eigenvalue weighted by Gasteiger charge is 2.40. The molecule has 1 saturated heterocycles. The first-order valence-corrected chi connectivity index (χ1v) is 8.86. The fraction of sp³-hybridized carbons (Fsp3) is 0.533. The molecule has 3 rings (SSSR count). The summed E-state index contributed by atoms with van der Waals surface area (Å²) in [4.78, 5) is 7.31. The summed E-state index contributed by atoms with van der Waals surface area (Å²) in [5, 5.41) is 0.597. The summed E-state index contributed by atoms with van der Waals surface area (Å²) in [6.07, 6.45) is 2.84. The Morgan fingerprint density at radius 2 is 2.30 bits per heavy atom. The molecule has 0 radical (unpaired) electrons. The molecule has 1 N–H and O–H groups in total. The van der Waals surface area contributed by atoms with Crippen molar-refractivity contribution < 1.29 is 17.9 Å². The third kappa shape index (κ3) is 3.12. The van der Waals surface area contributed by atoms with E-state index >= 15 is 0 Å². The monoisotopic (exact) mass is 339 g/mol. The first-order valence-electron chi connectivity index (χ1n) is 7.42. The van der Waals surface area contributed by atoms with Crippen molar-refractivity contribution in [3.05, 3.63) is 24.5 Å². The zero-order chi connectivity index (χ0) is 16.7. The smallest absolute Gasteiger partial charge is 0.245 e. The van der Waals surface area contributed by atoms with Gasteiger partial charge in [-0.15, -0.1) is 0 Å². The number of nitrogens with one attached hydrogen (secondary N) is 1. The van der Waals surface area contributed by atoms with E-state index in [4.69, 9.17) is 9.47 Å². The number of fused-ring (bicyclic) bond motifs is 1. The number of ether oxygens (including phenoxy) is 2. The van der Waals surface area contributed by atoms with E-state index in [0.717, 1.165) is 0 Å². The molecule has 3 heterocycles. The van der Waals surface area contributed by atoms with Crippen LogP contribution in [0.25, 0.3) is 11.0 Å². The highest BCUT2D eigenvalue weighted by atomic mass is 32.2. The maximum atomic E-state index is 13.1. The molecule has 23 heavy (non-hydrogen) atoms. The lowest BCUT2D eigenvalue weighted by Crippen LogP contribution is -2.55. The minimum atomic E-state index is -3.64. The number of aromatic amines is 1. The quantitative estimate of drug-likeness (QED) is 0.910. The largest absolute Gasteiger partial charge is 0.382 e. The van der Waals surface area contributed by atoms with Gasteiger partial charge in [0.1, 0.15) is 10.5 Å². The van der Waals surface area contributed by atoms with Crippen LogP contribution in [0, 0.1) is 0 Å². The average Bonchev–Trinajstić information content (AvgIpc) is 2.90. The molecule has 1 aliphatic rings. The predicted molar refractivity (Wildman–Crippen MR) is 85.7 cm³/mol. The first-order chi connectivity index (χ1) is 10.8. The Bertz CT molecular complexity index is 800. The van der Waals surface area contributed by atoms with Crippen LogP contribution < -0.4 is 0 Å². The Hall–Kier alpha value is -1.48. The Kier molecular flexibility index (Phi) is 4.18. The van der Waals surface area contributed by atoms with Crippen LogP contribution in [0.15, 0.2) is 29.4 Å². The van der Waals surface area contributed by atoms with E-state index in [9.17, 15) is 8.42 Å². The standard InChI is InChI=1S/C15H21N3O4S/c1-15(2)10-18(8-11(22-15)9-21-3)23(19,20)13-7-17-14-12(13)5-4-6-16-14/h4-7,11H,8-10H2,1-3H3,(H,16,17). The van der Waals surface area contributed by atoms with Crippen LogP contribution in [-0.4, -0.2) is 61.2 Å². The van der Waals surface area contributed by atoms with Crippen molar-refractivity contribution in [2.24, 2.45) is 0 Å². The number of nitrogens with zero attached hydrogens (tertiary/aromatic N) is 2. The number of H-pyrrole nitrogens is 1. The molecule has 0 bridgehead atoms. The van der Waals surface area contributed by atoms with Gasteiger partial charge in [0.05, 0.1) is 18.3 Å². The lowest BCUT2D eigenvalue weighted by Gasteiger charge is -2.41. The molecule has 126 valence electrons. The van der Waals surface area contributed by atoms with Crippen molar-refractivity contribution in [2.75, 3.05) is 26.8 Å². The van der Waals surface area contributed by atoms with Crippen LogP contribution in [0.1, 0.15) is 13.8 Å². The second-order valence-electron chi connectivity index (χ2n) is 6.30. The number of aromatic nitrogens is 2. The molecule has 0 aromatic carbocycles. The fourth-order valence-corrected chi connectivity index (χ4v) is 4.75. The van der Waals surface area contributed by atoms with Gasteiger partial charge in [0.2, 0.25) is 10.0 Å². The van der Waals surface area contributed by atoms with Crippen LogP contribution in [-0.2, 0) is 19.5 Å². The zero-order valence-corrected chi connectivity index (χ0v) is 14.3. The van der Waals surface area contributed by atoms with Crippen molar-refractivity contribution in [3.63, 3.8) is 0 Å². The van der Waals surface area contributed by atoms with Crippen LogP contribution in [0.5, 0.6) is 0 Å². The highest BCUT2D eigenvalue weighted by molar-refractivity contribution is 7.89. The van der Waals surface area contributed by atoms with Gasteiger partial charge in [-0.3, -0.25) is 0 Å². The van der Waals surface area contributed by atoms with Gasteiger partial charge in [0.15, 0.2) is 0 Å². The van der Waals surface area contributed by atoms with Crippen molar-refractivity contribution in [1.29, 1.82) is 0 Å². The average molecular weight is 339 g/mol. The van der Waals surface area contributed by atoms with Crippen LogP contribution in [0.3, 0.4) is 0 Å². The molecule has 8 heteroatoms. The second-order valence-corrected chi connectivity index (χ2v) is 8.21. The van der Waals surface area contributed by atoms with E-state index in [1.54, 1.807) is 25.4 Å². The first kappa shape index (κ1) is 16.4. The molecular weight excluding hydrogens is 318 g/mol. The van der Waals surface area contributed by atoms with E-state index in [0.29, 0.717) is 24.2 Å². The zero-order valence-electron chi connectivity index (χ0n) is 13.4. The van der Waals surface area contributed by atoms with Crippen molar-refractivity contribution in [2.45, 2.75) is 30.4 Å². The normalized spacial score (nSPS) is 22.5. The van der Waals surface area contributed by atoms with Gasteiger partial charge in [0.25, 0.3) is 0 Å². The molecule has 1 fully saturated rings. The number of sulfonamides is 1. The molecule has 1 atom stereocenters. The molecule has 2 aromatic rings. The Labute approximate surface area is 135 Å². The summed E-state index contributed by atoms with van der Waals surface area (Å²) in [5.74, 6) is 0. The number of rotatable bonds is 4. The third-order valence-electron chi connectivity index (χ3n) is 3.83. The lowest BCUT2D eigenvalue weighted by atomic mass is 10.1. The van der Waals surface area contributed by atoms with Gasteiger partial charge in [0, 0.05) is 38.0 Å². The maximum absolute atomic E-state index is 13.1. The van der Waals surface area contributed by atoms with E-state index in [1.807, 2.05) is 13.8 Å². The van der Waals surface area contributed by atoms with Gasteiger partial charge < -0.3 is 14.5 Å². The van der Waals surface area contributed by atoms with Gasteiger partial charge in [-0.1, -0.05) is 0 Å². The summed E-state index contributed by atoms with van der Waals surface area (Å²) in [6.45, 7) is 4.68. The summed E-state index contributed by atoms with van der Waals surface area (Å²) >= 11 is 0. The topological polar surface area (TPSA) is 84.5 Å². The minimum absolute atomic E-state index is 0.245. The number of morpholine rings is 1. The third-order valence-corrected chi connectivity index (χ3v) is 5.69. The Morgan fingerprint density at radius 3 is 3.04 bits per heavy atom. The summed E-state index contributed by atoms with van der Waals surface area (Å²) < 4.78 is 38.7. The van der Waals surface area contributed by atoms with Crippen molar-refractivity contribution in [1.82, 2.24) is 14.3 Å². The molecule has 2 aromatic heterocycles. The predicted octanol–water partition coefficient (Wildman–Crippen LogP) is 1.38. The molecule has 7 nitrogen and oxygen atoms in total. The maximum Gasteiger partial charge on any atom is 0.245 e. The lowest BCUT2D eigenvalue weighted by molar-refractivity contribution is -0.135. The summed E-state index contributed by atoms with van der Waals surface area (Å²) in [6, 6.07) is 3.48. The highest BCUT2D eigenvalue weighted by Crippen LogP contribution is 2.29. The molecule has 0 saturated carbocycles. The van der Waals surface area contributed by atoms with E-state index < -0.39 is 15.6 Å². The van der Waals surface area contributed by atoms with E-state index in [1.165, 1.54) is 10.5 Å². The van der Waals surface area contributed by atoms with Crippen LogP contribution >= 0.6 is 0 Å². The van der Waals surface area contributed by atoms with Gasteiger partial charge in [-0.05, 0) is 26.0 Å². The number of methoxy groups -OCH3 is 1. The molecule has 0 spiro atoms. The summed E-state index contributed by atoms with van der Waals surface area (Å²) in [5.41, 5.74) is -0.00849. The Morgan fingerprint density at radius 1 is 1.52 bits per heavy atom. The molecule has 0 amide bonds. The minimum Gasteiger partial charge on any atom is -0.382 e. The van der Waals surface area contributed by atoms with Crippen molar-refractivity contribution >= 4 is 21.1 Å². The summed E-state index contributed by atoms with van der Waals surface area (Å²) in [7, 11) is -2.06. The van der Waals surface area contributed by atoms with Crippen molar-refractivity contribution in [3.8, 4) is 0 Å². The van der Waals surface area contributed by atoms with E-state index in [2.05, 4.69) is 9.97 Å². The van der Waals surface area contributed by atoms with Crippen LogP contribution in [0.2, 0.25) is 0 Å².